The molecule has 8 nitrogen and oxygen atoms in total. The number of hydrazone groups is 1. The summed E-state index contributed by atoms with van der Waals surface area (Å²) in [5.74, 6) is -1.97. The highest BCUT2D eigenvalue weighted by Crippen LogP contribution is 2.33. The van der Waals surface area contributed by atoms with Crippen molar-refractivity contribution in [2.24, 2.45) is 5.10 Å². The van der Waals surface area contributed by atoms with E-state index >= 15 is 0 Å². The Balaban J connectivity index is 2.24. The first-order chi connectivity index (χ1) is 11.9. The van der Waals surface area contributed by atoms with E-state index in [0.717, 1.165) is 24.4 Å². The van der Waals surface area contributed by atoms with E-state index in [0.29, 0.717) is 0 Å². The molecular formula is C16H14FN3O5. The van der Waals surface area contributed by atoms with Crippen molar-refractivity contribution in [3.63, 3.8) is 0 Å². The number of rotatable bonds is 6. The van der Waals surface area contributed by atoms with Crippen LogP contribution in [0.1, 0.15) is 22.8 Å². The van der Waals surface area contributed by atoms with Gasteiger partial charge in [-0.05, 0) is 19.1 Å². The van der Waals surface area contributed by atoms with Crippen LogP contribution in [0, 0.1) is 15.9 Å². The molecule has 0 radical (unpaired) electrons. The zero-order chi connectivity index (χ0) is 18.4. The van der Waals surface area contributed by atoms with Crippen LogP contribution in [0.2, 0.25) is 0 Å². The molecule has 0 aliphatic carbocycles. The highest BCUT2D eigenvalue weighted by atomic mass is 19.1. The van der Waals surface area contributed by atoms with Crippen LogP contribution in [0.25, 0.3) is 0 Å². The molecular weight excluding hydrogens is 333 g/mol. The van der Waals surface area contributed by atoms with Gasteiger partial charge in [0, 0.05) is 11.6 Å². The van der Waals surface area contributed by atoms with Crippen LogP contribution in [-0.2, 0) is 0 Å². The third kappa shape index (κ3) is 4.28. The number of nitro benzene ring substituents is 1. The third-order valence-corrected chi connectivity index (χ3v) is 3.09. The number of nitro groups is 1. The minimum atomic E-state index is -0.802. The summed E-state index contributed by atoms with van der Waals surface area (Å²) in [6, 6.07) is 7.47. The summed E-state index contributed by atoms with van der Waals surface area (Å²) in [4.78, 5) is 22.1. The molecule has 0 spiro atoms. The number of nitrogens with one attached hydrogen (secondary N) is 1. The van der Waals surface area contributed by atoms with Gasteiger partial charge in [-0.1, -0.05) is 12.1 Å². The number of hydrogen-bond acceptors (Lipinski definition) is 6. The molecule has 9 heteroatoms. The van der Waals surface area contributed by atoms with Crippen LogP contribution in [0.3, 0.4) is 0 Å². The number of ether oxygens (including phenoxy) is 1. The molecule has 25 heavy (non-hydrogen) atoms. The van der Waals surface area contributed by atoms with Crippen molar-refractivity contribution in [3.8, 4) is 11.5 Å². The number of non-ortho nitro benzene ring substituents is 1. The van der Waals surface area contributed by atoms with Gasteiger partial charge in [-0.3, -0.25) is 14.9 Å². The van der Waals surface area contributed by atoms with Gasteiger partial charge in [-0.15, -0.1) is 0 Å². The average Bonchev–Trinajstić information content (AvgIpc) is 2.58. The third-order valence-electron chi connectivity index (χ3n) is 3.09. The van der Waals surface area contributed by atoms with E-state index in [1.54, 1.807) is 6.92 Å². The Morgan fingerprint density at radius 2 is 2.16 bits per heavy atom. The van der Waals surface area contributed by atoms with Gasteiger partial charge in [-0.25, -0.2) is 9.82 Å². The van der Waals surface area contributed by atoms with Gasteiger partial charge in [0.15, 0.2) is 11.5 Å². The number of phenolic OH excluding ortho intramolecular Hbond substituents is 1. The fourth-order valence-electron chi connectivity index (χ4n) is 1.95. The molecule has 2 N–H and O–H groups in total. The van der Waals surface area contributed by atoms with E-state index < -0.39 is 16.6 Å². The summed E-state index contributed by atoms with van der Waals surface area (Å²) >= 11 is 0. The maximum atomic E-state index is 13.5. The van der Waals surface area contributed by atoms with E-state index in [1.807, 2.05) is 0 Å². The molecule has 2 rings (SSSR count). The maximum Gasteiger partial charge on any atom is 0.274 e. The Labute approximate surface area is 141 Å². The van der Waals surface area contributed by atoms with Crippen LogP contribution >= 0.6 is 0 Å². The van der Waals surface area contributed by atoms with Crippen LogP contribution in [0.15, 0.2) is 41.5 Å². The SMILES string of the molecule is CCOc1cc([N+](=O)[O-])cc(C=NNC(=O)c2ccccc2F)c1O. The molecule has 0 aliphatic rings. The number of nitrogens with zero attached hydrogens (tertiary/aromatic N) is 2. The Morgan fingerprint density at radius 3 is 2.80 bits per heavy atom. The van der Waals surface area contributed by atoms with E-state index in [-0.39, 0.29) is 34.9 Å². The molecule has 0 atom stereocenters. The molecule has 130 valence electrons. The second-order valence-electron chi connectivity index (χ2n) is 4.75. The lowest BCUT2D eigenvalue weighted by Crippen LogP contribution is -2.18. The Kier molecular flexibility index (Phi) is 5.62. The summed E-state index contributed by atoms with van der Waals surface area (Å²) in [7, 11) is 0. The monoisotopic (exact) mass is 347 g/mol. The number of amides is 1. The molecule has 0 heterocycles. The van der Waals surface area contributed by atoms with Gasteiger partial charge in [0.25, 0.3) is 11.6 Å². The predicted molar refractivity (Wildman–Crippen MR) is 87.4 cm³/mol. The second-order valence-corrected chi connectivity index (χ2v) is 4.75. The van der Waals surface area contributed by atoms with Gasteiger partial charge >= 0.3 is 0 Å². The van der Waals surface area contributed by atoms with Gasteiger partial charge in [0.05, 0.1) is 29.4 Å². The molecule has 2 aromatic rings. The fourth-order valence-corrected chi connectivity index (χ4v) is 1.95. The molecule has 0 aliphatic heterocycles. The van der Waals surface area contributed by atoms with E-state index in [4.69, 9.17) is 4.74 Å². The number of carbonyl (C=O) groups is 1. The van der Waals surface area contributed by atoms with Crippen molar-refractivity contribution in [2.75, 3.05) is 6.61 Å². The van der Waals surface area contributed by atoms with Crippen molar-refractivity contribution in [3.05, 3.63) is 63.5 Å². The number of aromatic hydroxyl groups is 1. The normalized spacial score (nSPS) is 10.6. The zero-order valence-corrected chi connectivity index (χ0v) is 13.1. The lowest BCUT2D eigenvalue weighted by molar-refractivity contribution is -0.385. The quantitative estimate of drug-likeness (QED) is 0.473. The topological polar surface area (TPSA) is 114 Å². The van der Waals surface area contributed by atoms with Crippen molar-refractivity contribution in [1.29, 1.82) is 0 Å². The summed E-state index contributed by atoms with van der Waals surface area (Å²) in [5, 5.41) is 24.6. The van der Waals surface area contributed by atoms with E-state index in [2.05, 4.69) is 10.5 Å². The van der Waals surface area contributed by atoms with Gasteiger partial charge in [0.2, 0.25) is 0 Å². The number of benzene rings is 2. The van der Waals surface area contributed by atoms with Crippen LogP contribution in [-0.4, -0.2) is 28.8 Å². The predicted octanol–water partition coefficient (Wildman–Crippen LogP) is 2.60. The lowest BCUT2D eigenvalue weighted by atomic mass is 10.1. The van der Waals surface area contributed by atoms with Crippen molar-refractivity contribution < 1.29 is 24.0 Å². The van der Waals surface area contributed by atoms with Gasteiger partial charge < -0.3 is 9.84 Å². The van der Waals surface area contributed by atoms with Crippen LogP contribution in [0.5, 0.6) is 11.5 Å². The minimum Gasteiger partial charge on any atom is -0.504 e. The highest BCUT2D eigenvalue weighted by Gasteiger charge is 2.16. The van der Waals surface area contributed by atoms with Crippen molar-refractivity contribution >= 4 is 17.8 Å². The molecule has 0 fully saturated rings. The average molecular weight is 347 g/mol. The summed E-state index contributed by atoms with van der Waals surface area (Å²) in [6.07, 6.45) is 1.00. The lowest BCUT2D eigenvalue weighted by Gasteiger charge is -2.08. The van der Waals surface area contributed by atoms with E-state index in [1.165, 1.54) is 18.2 Å². The summed E-state index contributed by atoms with van der Waals surface area (Å²) in [6.45, 7) is 1.84. The maximum absolute atomic E-state index is 13.5. The molecule has 1 amide bonds. The summed E-state index contributed by atoms with van der Waals surface area (Å²) < 4.78 is 18.6. The molecule has 2 aromatic carbocycles. The zero-order valence-electron chi connectivity index (χ0n) is 13.1. The molecule has 0 aromatic heterocycles. The van der Waals surface area contributed by atoms with Crippen molar-refractivity contribution in [2.45, 2.75) is 6.92 Å². The molecule has 0 bridgehead atoms. The second kappa shape index (κ2) is 7.86. The fraction of sp³-hybridized carbons (Fsp3) is 0.125. The number of hydrogen-bond donors (Lipinski definition) is 2. The summed E-state index contributed by atoms with van der Waals surface area (Å²) in [5.41, 5.74) is 1.52. The van der Waals surface area contributed by atoms with Gasteiger partial charge in [-0.2, -0.15) is 5.10 Å². The van der Waals surface area contributed by atoms with E-state index in [9.17, 15) is 24.4 Å². The van der Waals surface area contributed by atoms with Crippen LogP contribution < -0.4 is 10.2 Å². The molecule has 0 unspecified atom stereocenters. The first-order valence-electron chi connectivity index (χ1n) is 7.16. The first-order valence-corrected chi connectivity index (χ1v) is 7.16. The largest absolute Gasteiger partial charge is 0.504 e. The highest BCUT2D eigenvalue weighted by molar-refractivity contribution is 5.95. The Morgan fingerprint density at radius 1 is 1.44 bits per heavy atom. The smallest absolute Gasteiger partial charge is 0.274 e. The minimum absolute atomic E-state index is 0.0357. The number of phenols is 1. The first kappa shape index (κ1) is 17.9. The number of carbonyl (C=O) groups excluding carboxylic acids is 1. The Bertz CT molecular complexity index is 839. The Hall–Kier alpha value is -3.49. The standard InChI is InChI=1S/C16H14FN3O5/c1-2-25-14-8-11(20(23)24)7-10(15(14)21)9-18-19-16(22)12-5-3-4-6-13(12)17/h3-9,21H,2H2,1H3,(H,19,22). The van der Waals surface area contributed by atoms with Gasteiger partial charge in [0.1, 0.15) is 5.82 Å². The molecule has 0 saturated carbocycles. The van der Waals surface area contributed by atoms with Crippen LogP contribution in [0.4, 0.5) is 10.1 Å². The number of halogens is 1. The molecule has 0 saturated heterocycles. The van der Waals surface area contributed by atoms with Crippen molar-refractivity contribution in [1.82, 2.24) is 5.43 Å².